The normalized spacial score (nSPS) is 11.4. The summed E-state index contributed by atoms with van der Waals surface area (Å²) in [5.41, 5.74) is 3.62. The van der Waals surface area contributed by atoms with Gasteiger partial charge in [-0.15, -0.1) is 0 Å². The van der Waals surface area contributed by atoms with Crippen molar-refractivity contribution in [2.45, 2.75) is 0 Å². The van der Waals surface area contributed by atoms with Crippen molar-refractivity contribution in [3.8, 4) is 17.0 Å². The number of aryl methyl sites for hydroxylation is 1. The van der Waals surface area contributed by atoms with Gasteiger partial charge in [0.05, 0.1) is 29.1 Å². The van der Waals surface area contributed by atoms with Crippen LogP contribution in [0.3, 0.4) is 0 Å². The first-order chi connectivity index (χ1) is 9.72. The number of rotatable bonds is 1. The van der Waals surface area contributed by atoms with Gasteiger partial charge in [-0.05, 0) is 18.2 Å². The molecule has 4 rings (SSSR count). The lowest BCUT2D eigenvalue weighted by Crippen LogP contribution is -1.84. The van der Waals surface area contributed by atoms with Gasteiger partial charge in [0.25, 0.3) is 0 Å². The summed E-state index contributed by atoms with van der Waals surface area (Å²) in [6.07, 6.45) is 5.49. The Hall–Kier alpha value is -2.82. The number of phenols is 1. The summed E-state index contributed by atoms with van der Waals surface area (Å²) in [6, 6.07) is 7.44. The van der Waals surface area contributed by atoms with Gasteiger partial charge in [0.15, 0.2) is 0 Å². The van der Waals surface area contributed by atoms with E-state index < -0.39 is 0 Å². The van der Waals surface area contributed by atoms with E-state index in [4.69, 9.17) is 0 Å². The second kappa shape index (κ2) is 3.84. The fourth-order valence-electron chi connectivity index (χ4n) is 2.55. The first-order valence-corrected chi connectivity index (χ1v) is 6.31. The Morgan fingerprint density at radius 3 is 2.90 bits per heavy atom. The Morgan fingerprint density at radius 2 is 2.10 bits per heavy atom. The molecule has 0 saturated heterocycles. The Kier molecular flexibility index (Phi) is 2.12. The molecule has 98 valence electrons. The first-order valence-electron chi connectivity index (χ1n) is 6.31. The maximum absolute atomic E-state index is 10.1. The number of nitrogens with zero attached hydrogens (tertiary/aromatic N) is 3. The monoisotopic (exact) mass is 264 g/mol. The molecule has 20 heavy (non-hydrogen) atoms. The van der Waals surface area contributed by atoms with Crippen molar-refractivity contribution >= 4 is 21.8 Å². The van der Waals surface area contributed by atoms with Crippen molar-refractivity contribution in [3.05, 3.63) is 42.9 Å². The number of benzene rings is 1. The first kappa shape index (κ1) is 11.0. The third-order valence-electron chi connectivity index (χ3n) is 3.49. The number of H-pyrrole nitrogens is 1. The van der Waals surface area contributed by atoms with Gasteiger partial charge in [-0.1, -0.05) is 6.07 Å². The number of hydrogen-bond acceptors (Lipinski definition) is 3. The molecule has 3 aromatic heterocycles. The molecule has 0 aliphatic carbocycles. The summed E-state index contributed by atoms with van der Waals surface area (Å²) in [4.78, 5) is 7.71. The van der Waals surface area contributed by atoms with Crippen LogP contribution in [0.1, 0.15) is 0 Å². The van der Waals surface area contributed by atoms with Crippen LogP contribution in [0.2, 0.25) is 0 Å². The van der Waals surface area contributed by atoms with Gasteiger partial charge in [-0.25, -0.2) is 0 Å². The van der Waals surface area contributed by atoms with Gasteiger partial charge in [-0.3, -0.25) is 9.67 Å². The molecule has 0 radical (unpaired) electrons. The average molecular weight is 264 g/mol. The van der Waals surface area contributed by atoms with E-state index >= 15 is 0 Å². The standard InChI is InChI=1S/C15H12N4O/c1-19-8-9(6-17-19)12-5-10-13(7-16-12)18-11-3-2-4-14(20)15(10)11/h2-8,18,20H,1H3. The van der Waals surface area contributed by atoms with Gasteiger partial charge < -0.3 is 10.1 Å². The molecular weight excluding hydrogens is 252 g/mol. The number of fused-ring (bicyclic) bond motifs is 3. The fourth-order valence-corrected chi connectivity index (χ4v) is 2.55. The van der Waals surface area contributed by atoms with E-state index in [0.717, 1.165) is 33.1 Å². The molecular formula is C15H12N4O. The third-order valence-corrected chi connectivity index (χ3v) is 3.49. The minimum atomic E-state index is 0.275. The van der Waals surface area contributed by atoms with Crippen LogP contribution < -0.4 is 0 Å². The minimum Gasteiger partial charge on any atom is -0.507 e. The maximum Gasteiger partial charge on any atom is 0.125 e. The highest BCUT2D eigenvalue weighted by Crippen LogP contribution is 2.33. The predicted octanol–water partition coefficient (Wildman–Crippen LogP) is 2.82. The molecule has 0 spiro atoms. The summed E-state index contributed by atoms with van der Waals surface area (Å²) >= 11 is 0. The zero-order valence-electron chi connectivity index (χ0n) is 10.8. The van der Waals surface area contributed by atoms with Gasteiger partial charge in [-0.2, -0.15) is 5.10 Å². The van der Waals surface area contributed by atoms with Crippen molar-refractivity contribution in [1.82, 2.24) is 19.7 Å². The fraction of sp³-hybridized carbons (Fsp3) is 0.0667. The van der Waals surface area contributed by atoms with Gasteiger partial charge >= 0.3 is 0 Å². The third kappa shape index (κ3) is 1.50. The van der Waals surface area contributed by atoms with Gasteiger partial charge in [0.1, 0.15) is 5.75 Å². The molecule has 0 atom stereocenters. The van der Waals surface area contributed by atoms with Crippen molar-refractivity contribution in [2.24, 2.45) is 7.05 Å². The topological polar surface area (TPSA) is 66.7 Å². The van der Waals surface area contributed by atoms with Crippen molar-refractivity contribution < 1.29 is 5.11 Å². The SMILES string of the molecule is Cn1cc(-c2cc3c(cn2)[nH]c2cccc(O)c23)cn1. The summed E-state index contributed by atoms with van der Waals surface area (Å²) < 4.78 is 1.74. The Labute approximate surface area is 114 Å². The van der Waals surface area contributed by atoms with Crippen LogP contribution in [-0.2, 0) is 7.05 Å². The van der Waals surface area contributed by atoms with Crippen molar-refractivity contribution in [2.75, 3.05) is 0 Å². The molecule has 2 N–H and O–H groups in total. The van der Waals surface area contributed by atoms with Crippen molar-refractivity contribution in [1.29, 1.82) is 0 Å². The van der Waals surface area contributed by atoms with Crippen LogP contribution in [0.4, 0.5) is 0 Å². The smallest absolute Gasteiger partial charge is 0.125 e. The average Bonchev–Trinajstić information content (AvgIpc) is 3.02. The number of phenolic OH excluding ortho intramolecular Hbond substituents is 1. The van der Waals surface area contributed by atoms with Crippen LogP contribution in [-0.4, -0.2) is 24.9 Å². The van der Waals surface area contributed by atoms with Gasteiger partial charge in [0, 0.05) is 29.6 Å². The summed E-state index contributed by atoms with van der Waals surface area (Å²) in [7, 11) is 1.87. The van der Waals surface area contributed by atoms with E-state index in [-0.39, 0.29) is 5.75 Å². The number of aromatic nitrogens is 4. The highest BCUT2D eigenvalue weighted by atomic mass is 16.3. The summed E-state index contributed by atoms with van der Waals surface area (Å²) in [5.74, 6) is 0.275. The quantitative estimate of drug-likeness (QED) is 0.555. The number of aromatic amines is 1. The molecule has 0 bridgehead atoms. The highest BCUT2D eigenvalue weighted by molar-refractivity contribution is 6.10. The second-order valence-corrected chi connectivity index (χ2v) is 4.84. The van der Waals surface area contributed by atoms with E-state index in [2.05, 4.69) is 15.1 Å². The number of pyridine rings is 1. The Balaban J connectivity index is 2.05. The molecule has 0 fully saturated rings. The zero-order chi connectivity index (χ0) is 13.7. The molecule has 5 nitrogen and oxygen atoms in total. The number of nitrogens with one attached hydrogen (secondary N) is 1. The largest absolute Gasteiger partial charge is 0.507 e. The van der Waals surface area contributed by atoms with E-state index in [9.17, 15) is 5.11 Å². The van der Waals surface area contributed by atoms with Crippen LogP contribution in [0.15, 0.2) is 42.9 Å². The van der Waals surface area contributed by atoms with Crippen LogP contribution in [0, 0.1) is 0 Å². The van der Waals surface area contributed by atoms with Crippen LogP contribution in [0.25, 0.3) is 33.1 Å². The lowest BCUT2D eigenvalue weighted by molar-refractivity contribution is 0.482. The number of hydrogen-bond donors (Lipinski definition) is 2. The van der Waals surface area contributed by atoms with Crippen LogP contribution >= 0.6 is 0 Å². The number of aromatic hydroxyl groups is 1. The Morgan fingerprint density at radius 1 is 1.20 bits per heavy atom. The van der Waals surface area contributed by atoms with E-state index in [1.165, 1.54) is 0 Å². The highest BCUT2D eigenvalue weighted by Gasteiger charge is 2.10. The van der Waals surface area contributed by atoms with E-state index in [1.54, 1.807) is 23.1 Å². The lowest BCUT2D eigenvalue weighted by Gasteiger charge is -1.98. The zero-order valence-corrected chi connectivity index (χ0v) is 10.8. The molecule has 3 heterocycles. The Bertz CT molecular complexity index is 936. The molecule has 0 amide bonds. The summed E-state index contributed by atoms with van der Waals surface area (Å²) in [5, 5.41) is 16.0. The molecule has 5 heteroatoms. The molecule has 0 aliphatic rings. The predicted molar refractivity (Wildman–Crippen MR) is 77.5 cm³/mol. The lowest BCUT2D eigenvalue weighted by atomic mass is 10.1. The molecule has 4 aromatic rings. The summed E-state index contributed by atoms with van der Waals surface area (Å²) in [6.45, 7) is 0. The van der Waals surface area contributed by atoms with Gasteiger partial charge in [0.2, 0.25) is 0 Å². The van der Waals surface area contributed by atoms with E-state index in [1.807, 2.05) is 31.4 Å². The molecule has 1 aromatic carbocycles. The second-order valence-electron chi connectivity index (χ2n) is 4.84. The van der Waals surface area contributed by atoms with Crippen molar-refractivity contribution in [3.63, 3.8) is 0 Å². The minimum absolute atomic E-state index is 0.275. The molecule has 0 unspecified atom stereocenters. The molecule has 0 aliphatic heterocycles. The molecule has 0 saturated carbocycles. The van der Waals surface area contributed by atoms with Crippen LogP contribution in [0.5, 0.6) is 5.75 Å². The van der Waals surface area contributed by atoms with E-state index in [0.29, 0.717) is 0 Å². The maximum atomic E-state index is 10.1.